The summed E-state index contributed by atoms with van der Waals surface area (Å²) in [6.45, 7) is 6.58. The minimum atomic E-state index is -0.435. The number of aryl methyl sites for hydroxylation is 2. The molecule has 2 heterocycles. The van der Waals surface area contributed by atoms with Crippen molar-refractivity contribution in [2.24, 2.45) is 0 Å². The van der Waals surface area contributed by atoms with Gasteiger partial charge in [-0.2, -0.15) is 0 Å². The van der Waals surface area contributed by atoms with Gasteiger partial charge in [-0.1, -0.05) is 61.2 Å². The molecular formula is C24H24ClNO3. The Morgan fingerprint density at radius 3 is 2.48 bits per heavy atom. The SMILES string of the molecule is CCCCCN1C(=O)c2oc3cc(C)c(Cl)cc3c(=O)c2C1c1ccc(C)cc1. The molecule has 3 aromatic rings. The number of fused-ring (bicyclic) bond motifs is 2. The van der Waals surface area contributed by atoms with Crippen molar-refractivity contribution < 1.29 is 9.21 Å². The van der Waals surface area contributed by atoms with Crippen molar-refractivity contribution in [2.75, 3.05) is 6.54 Å². The summed E-state index contributed by atoms with van der Waals surface area (Å²) >= 11 is 6.27. The molecule has 4 nitrogen and oxygen atoms in total. The van der Waals surface area contributed by atoms with Crippen LogP contribution in [0.25, 0.3) is 11.0 Å². The molecule has 1 atom stereocenters. The summed E-state index contributed by atoms with van der Waals surface area (Å²) in [4.78, 5) is 28.5. The summed E-state index contributed by atoms with van der Waals surface area (Å²) in [6, 6.07) is 10.9. The number of amides is 1. The Morgan fingerprint density at radius 2 is 1.79 bits per heavy atom. The van der Waals surface area contributed by atoms with Crippen molar-refractivity contribution in [3.8, 4) is 0 Å². The van der Waals surface area contributed by atoms with E-state index in [0.29, 0.717) is 28.1 Å². The summed E-state index contributed by atoms with van der Waals surface area (Å²) in [6.07, 6.45) is 2.97. The zero-order valence-corrected chi connectivity index (χ0v) is 17.7. The minimum absolute atomic E-state index is 0.159. The van der Waals surface area contributed by atoms with Crippen LogP contribution in [0.3, 0.4) is 0 Å². The molecule has 0 saturated heterocycles. The van der Waals surface area contributed by atoms with Gasteiger partial charge >= 0.3 is 0 Å². The lowest BCUT2D eigenvalue weighted by Gasteiger charge is -2.25. The summed E-state index contributed by atoms with van der Waals surface area (Å²) < 4.78 is 6.00. The van der Waals surface area contributed by atoms with Gasteiger partial charge in [-0.25, -0.2) is 0 Å². The summed E-state index contributed by atoms with van der Waals surface area (Å²) in [5.74, 6) is -0.0559. The molecule has 0 aliphatic carbocycles. The van der Waals surface area contributed by atoms with Gasteiger partial charge in [-0.15, -0.1) is 0 Å². The number of carbonyl (C=O) groups is 1. The Kier molecular flexibility index (Phi) is 5.22. The third-order valence-corrected chi connectivity index (χ3v) is 6.05. The van der Waals surface area contributed by atoms with E-state index in [9.17, 15) is 9.59 Å². The van der Waals surface area contributed by atoms with E-state index in [-0.39, 0.29) is 17.1 Å². The molecule has 0 fully saturated rings. The maximum Gasteiger partial charge on any atom is 0.290 e. The van der Waals surface area contributed by atoms with Gasteiger partial charge in [-0.3, -0.25) is 9.59 Å². The zero-order chi connectivity index (χ0) is 20.7. The zero-order valence-electron chi connectivity index (χ0n) is 16.9. The lowest BCUT2D eigenvalue weighted by Crippen LogP contribution is -2.30. The molecule has 4 rings (SSSR count). The summed E-state index contributed by atoms with van der Waals surface area (Å²) in [5, 5.41) is 0.931. The number of hydrogen-bond donors (Lipinski definition) is 0. The van der Waals surface area contributed by atoms with E-state index in [1.165, 1.54) is 0 Å². The number of unbranched alkanes of at least 4 members (excludes halogenated alkanes) is 2. The molecule has 29 heavy (non-hydrogen) atoms. The van der Waals surface area contributed by atoms with E-state index in [2.05, 4.69) is 6.92 Å². The highest BCUT2D eigenvalue weighted by Gasteiger charge is 2.42. The van der Waals surface area contributed by atoms with Gasteiger partial charge in [0, 0.05) is 11.6 Å². The molecule has 0 bridgehead atoms. The van der Waals surface area contributed by atoms with E-state index in [1.807, 2.05) is 38.1 Å². The van der Waals surface area contributed by atoms with Crippen molar-refractivity contribution in [3.63, 3.8) is 0 Å². The van der Waals surface area contributed by atoms with E-state index in [1.54, 1.807) is 17.0 Å². The van der Waals surface area contributed by atoms with Crippen LogP contribution in [-0.2, 0) is 0 Å². The van der Waals surface area contributed by atoms with Gasteiger partial charge in [0.1, 0.15) is 5.58 Å². The van der Waals surface area contributed by atoms with Gasteiger partial charge in [0.05, 0.1) is 17.0 Å². The van der Waals surface area contributed by atoms with Crippen LogP contribution in [0.4, 0.5) is 0 Å². The van der Waals surface area contributed by atoms with E-state index < -0.39 is 6.04 Å². The van der Waals surface area contributed by atoms with Crippen molar-refractivity contribution in [3.05, 3.63) is 79.7 Å². The fourth-order valence-corrected chi connectivity index (χ4v) is 4.16. The molecule has 1 aliphatic rings. The predicted octanol–water partition coefficient (Wildman–Crippen LogP) is 5.80. The van der Waals surface area contributed by atoms with E-state index in [4.69, 9.17) is 16.0 Å². The Morgan fingerprint density at radius 1 is 1.07 bits per heavy atom. The maximum atomic E-state index is 13.5. The van der Waals surface area contributed by atoms with Gasteiger partial charge in [0.25, 0.3) is 5.91 Å². The standard InChI is InChI=1S/C24H24ClNO3/c1-4-5-6-11-26-21(16-9-7-14(2)8-10-16)20-22(27)17-13-18(25)15(3)12-19(17)29-23(20)24(26)28/h7-10,12-13,21H,4-6,11H2,1-3H3. The first-order chi connectivity index (χ1) is 13.9. The molecule has 150 valence electrons. The average Bonchev–Trinajstić information content (AvgIpc) is 2.97. The molecule has 2 aromatic carbocycles. The maximum absolute atomic E-state index is 13.5. The molecule has 5 heteroatoms. The Hall–Kier alpha value is -2.59. The van der Waals surface area contributed by atoms with Crippen molar-refractivity contribution in [1.82, 2.24) is 4.90 Å². The van der Waals surface area contributed by atoms with Crippen LogP contribution in [0, 0.1) is 13.8 Å². The Bertz CT molecular complexity index is 1150. The first-order valence-corrected chi connectivity index (χ1v) is 10.4. The van der Waals surface area contributed by atoms with Crippen molar-refractivity contribution in [1.29, 1.82) is 0 Å². The average molecular weight is 410 g/mol. The third kappa shape index (κ3) is 3.36. The molecule has 0 radical (unpaired) electrons. The van der Waals surface area contributed by atoms with Gasteiger partial charge in [0.15, 0.2) is 5.43 Å². The second-order valence-corrected chi connectivity index (χ2v) is 8.20. The number of nitrogens with zero attached hydrogens (tertiary/aromatic N) is 1. The Labute approximate surface area is 175 Å². The van der Waals surface area contributed by atoms with Crippen molar-refractivity contribution >= 4 is 28.5 Å². The lowest BCUT2D eigenvalue weighted by molar-refractivity contribution is 0.0724. The number of carbonyl (C=O) groups excluding carboxylic acids is 1. The fourth-order valence-electron chi connectivity index (χ4n) is 4.00. The fraction of sp³-hybridized carbons (Fsp3) is 0.333. The lowest BCUT2D eigenvalue weighted by atomic mass is 9.97. The highest BCUT2D eigenvalue weighted by atomic mass is 35.5. The Balaban J connectivity index is 1.93. The van der Waals surface area contributed by atoms with Crippen LogP contribution >= 0.6 is 11.6 Å². The highest BCUT2D eigenvalue weighted by molar-refractivity contribution is 6.32. The molecular weight excluding hydrogens is 386 g/mol. The quantitative estimate of drug-likeness (QED) is 0.500. The molecule has 1 amide bonds. The summed E-state index contributed by atoms with van der Waals surface area (Å²) in [7, 11) is 0. The smallest absolute Gasteiger partial charge is 0.290 e. The molecule has 0 N–H and O–H groups in total. The summed E-state index contributed by atoms with van der Waals surface area (Å²) in [5.41, 5.74) is 3.50. The monoisotopic (exact) mass is 409 g/mol. The number of benzene rings is 2. The molecule has 1 aromatic heterocycles. The van der Waals surface area contributed by atoms with Crippen molar-refractivity contribution in [2.45, 2.75) is 46.1 Å². The molecule has 1 aliphatic heterocycles. The van der Waals surface area contributed by atoms with E-state index in [0.717, 1.165) is 36.0 Å². The van der Waals surface area contributed by atoms with Crippen LogP contribution in [0.15, 0.2) is 45.6 Å². The van der Waals surface area contributed by atoms with Crippen LogP contribution in [0.5, 0.6) is 0 Å². The third-order valence-electron chi connectivity index (χ3n) is 5.64. The highest BCUT2D eigenvalue weighted by Crippen LogP contribution is 2.39. The van der Waals surface area contributed by atoms with Gasteiger partial charge < -0.3 is 9.32 Å². The van der Waals surface area contributed by atoms with E-state index >= 15 is 0 Å². The normalized spacial score (nSPS) is 15.9. The second-order valence-electron chi connectivity index (χ2n) is 7.79. The predicted molar refractivity (Wildman–Crippen MR) is 116 cm³/mol. The first kappa shape index (κ1) is 19.7. The van der Waals surface area contributed by atoms with Crippen LogP contribution in [0.1, 0.15) is 65.0 Å². The molecule has 0 spiro atoms. The second kappa shape index (κ2) is 7.68. The van der Waals surface area contributed by atoms with Crippen LogP contribution < -0.4 is 5.43 Å². The number of rotatable bonds is 5. The largest absolute Gasteiger partial charge is 0.450 e. The number of hydrogen-bond acceptors (Lipinski definition) is 3. The van der Waals surface area contributed by atoms with Gasteiger partial charge in [-0.05, 0) is 43.5 Å². The molecule has 1 unspecified atom stereocenters. The van der Waals surface area contributed by atoms with Crippen LogP contribution in [-0.4, -0.2) is 17.4 Å². The molecule has 0 saturated carbocycles. The number of halogens is 1. The van der Waals surface area contributed by atoms with Crippen LogP contribution in [0.2, 0.25) is 5.02 Å². The van der Waals surface area contributed by atoms with Gasteiger partial charge in [0.2, 0.25) is 5.76 Å². The minimum Gasteiger partial charge on any atom is -0.450 e. The topological polar surface area (TPSA) is 50.5 Å². The first-order valence-electron chi connectivity index (χ1n) is 10.1.